The molecule has 2 unspecified atom stereocenters. The smallest absolute Gasteiger partial charge is 0.330 e. The van der Waals surface area contributed by atoms with E-state index in [0.29, 0.717) is 6.61 Å². The number of rotatable bonds is 6. The second-order valence-electron chi connectivity index (χ2n) is 4.47. The highest BCUT2D eigenvalue weighted by Gasteiger charge is 2.20. The van der Waals surface area contributed by atoms with Gasteiger partial charge < -0.3 is 14.2 Å². The fourth-order valence-corrected chi connectivity index (χ4v) is 1.99. The minimum atomic E-state index is -0.304. The van der Waals surface area contributed by atoms with Gasteiger partial charge in [-0.05, 0) is 45.1 Å². The number of hydrogen-bond acceptors (Lipinski definition) is 4. The molecule has 104 valence electrons. The summed E-state index contributed by atoms with van der Waals surface area (Å²) in [5, 5.41) is 0. The number of ether oxygens (including phenoxy) is 3. The summed E-state index contributed by atoms with van der Waals surface area (Å²) >= 11 is 0. The van der Waals surface area contributed by atoms with Crippen LogP contribution in [0.5, 0.6) is 0 Å². The Kier molecular flexibility index (Phi) is 6.98. The number of esters is 1. The standard InChI is InChI=1S/C14H24O4/c1-4-12(11(3)10-13(15)16-5-2)18-14-8-6-7-9-17-14/h10,12,14H,4-9H2,1-3H3/b11-10+. The Labute approximate surface area is 109 Å². The van der Waals surface area contributed by atoms with Crippen LogP contribution in [0.1, 0.15) is 46.5 Å². The van der Waals surface area contributed by atoms with E-state index in [2.05, 4.69) is 0 Å². The zero-order chi connectivity index (χ0) is 13.4. The van der Waals surface area contributed by atoms with Crippen LogP contribution in [0.3, 0.4) is 0 Å². The molecule has 0 aromatic heterocycles. The van der Waals surface area contributed by atoms with E-state index in [0.717, 1.165) is 37.9 Å². The van der Waals surface area contributed by atoms with Crippen molar-refractivity contribution < 1.29 is 19.0 Å². The Morgan fingerprint density at radius 1 is 1.44 bits per heavy atom. The lowest BCUT2D eigenvalue weighted by molar-refractivity contribution is -0.181. The molecule has 1 fully saturated rings. The molecule has 1 rings (SSSR count). The monoisotopic (exact) mass is 256 g/mol. The van der Waals surface area contributed by atoms with Crippen molar-refractivity contribution in [2.24, 2.45) is 0 Å². The Bertz CT molecular complexity index is 280. The fourth-order valence-electron chi connectivity index (χ4n) is 1.99. The van der Waals surface area contributed by atoms with Gasteiger partial charge in [-0.1, -0.05) is 6.92 Å². The molecule has 0 saturated carbocycles. The summed E-state index contributed by atoms with van der Waals surface area (Å²) in [5.74, 6) is -0.304. The third-order valence-electron chi connectivity index (χ3n) is 2.96. The van der Waals surface area contributed by atoms with E-state index in [1.807, 2.05) is 13.8 Å². The predicted molar refractivity (Wildman–Crippen MR) is 69.1 cm³/mol. The van der Waals surface area contributed by atoms with E-state index >= 15 is 0 Å². The van der Waals surface area contributed by atoms with Crippen LogP contribution in [0.25, 0.3) is 0 Å². The maximum atomic E-state index is 11.4. The first-order chi connectivity index (χ1) is 8.67. The molecule has 1 heterocycles. The molecule has 0 aromatic carbocycles. The highest BCUT2D eigenvalue weighted by molar-refractivity contribution is 5.82. The average Bonchev–Trinajstić information content (AvgIpc) is 2.37. The third-order valence-corrected chi connectivity index (χ3v) is 2.96. The third kappa shape index (κ3) is 5.19. The topological polar surface area (TPSA) is 44.8 Å². The van der Waals surface area contributed by atoms with E-state index < -0.39 is 0 Å². The van der Waals surface area contributed by atoms with Gasteiger partial charge in [0.25, 0.3) is 0 Å². The summed E-state index contributed by atoms with van der Waals surface area (Å²) in [6.45, 7) is 6.89. The van der Waals surface area contributed by atoms with Crippen molar-refractivity contribution >= 4 is 5.97 Å². The molecule has 0 amide bonds. The van der Waals surface area contributed by atoms with Crippen LogP contribution in [-0.2, 0) is 19.0 Å². The van der Waals surface area contributed by atoms with Crippen molar-refractivity contribution in [3.63, 3.8) is 0 Å². The van der Waals surface area contributed by atoms with E-state index in [1.165, 1.54) is 6.08 Å². The van der Waals surface area contributed by atoms with Crippen LogP contribution in [0.4, 0.5) is 0 Å². The Morgan fingerprint density at radius 2 is 2.22 bits per heavy atom. The van der Waals surface area contributed by atoms with Crippen molar-refractivity contribution in [3.8, 4) is 0 Å². The van der Waals surface area contributed by atoms with Crippen LogP contribution in [0, 0.1) is 0 Å². The first kappa shape index (κ1) is 15.2. The van der Waals surface area contributed by atoms with E-state index in [9.17, 15) is 4.79 Å². The van der Waals surface area contributed by atoms with Crippen LogP contribution in [0.15, 0.2) is 11.6 Å². The van der Waals surface area contributed by atoms with E-state index in [4.69, 9.17) is 14.2 Å². The number of carbonyl (C=O) groups is 1. The summed E-state index contributed by atoms with van der Waals surface area (Å²) in [6, 6.07) is 0. The highest BCUT2D eigenvalue weighted by atomic mass is 16.7. The molecule has 18 heavy (non-hydrogen) atoms. The summed E-state index contributed by atoms with van der Waals surface area (Å²) in [6.07, 6.45) is 5.31. The molecule has 1 saturated heterocycles. The Balaban J connectivity index is 2.50. The molecule has 2 atom stereocenters. The molecule has 1 aliphatic heterocycles. The minimum Gasteiger partial charge on any atom is -0.463 e. The fraction of sp³-hybridized carbons (Fsp3) is 0.786. The van der Waals surface area contributed by atoms with Gasteiger partial charge in [0.15, 0.2) is 6.29 Å². The molecular weight excluding hydrogens is 232 g/mol. The second kappa shape index (κ2) is 8.27. The van der Waals surface area contributed by atoms with Gasteiger partial charge in [0, 0.05) is 12.7 Å². The molecule has 0 N–H and O–H groups in total. The zero-order valence-electron chi connectivity index (χ0n) is 11.6. The number of hydrogen-bond donors (Lipinski definition) is 0. The number of carbonyl (C=O) groups excluding carboxylic acids is 1. The molecule has 4 heteroatoms. The van der Waals surface area contributed by atoms with Crippen molar-refractivity contribution in [2.75, 3.05) is 13.2 Å². The minimum absolute atomic E-state index is 0.0718. The lowest BCUT2D eigenvalue weighted by Crippen LogP contribution is -2.28. The average molecular weight is 256 g/mol. The molecule has 4 nitrogen and oxygen atoms in total. The van der Waals surface area contributed by atoms with E-state index in [-0.39, 0.29) is 18.4 Å². The van der Waals surface area contributed by atoms with Gasteiger partial charge in [-0.3, -0.25) is 0 Å². The molecule has 1 aliphatic rings. The van der Waals surface area contributed by atoms with Crippen LogP contribution in [0.2, 0.25) is 0 Å². The van der Waals surface area contributed by atoms with Crippen LogP contribution >= 0.6 is 0 Å². The first-order valence-corrected chi connectivity index (χ1v) is 6.79. The zero-order valence-corrected chi connectivity index (χ0v) is 11.6. The maximum absolute atomic E-state index is 11.4. The second-order valence-corrected chi connectivity index (χ2v) is 4.47. The lowest BCUT2D eigenvalue weighted by Gasteiger charge is -2.27. The summed E-state index contributed by atoms with van der Waals surface area (Å²) in [7, 11) is 0. The molecule has 0 bridgehead atoms. The predicted octanol–water partition coefficient (Wildman–Crippen LogP) is 2.82. The van der Waals surface area contributed by atoms with E-state index in [1.54, 1.807) is 6.92 Å². The van der Waals surface area contributed by atoms with Crippen molar-refractivity contribution in [2.45, 2.75) is 58.8 Å². The van der Waals surface area contributed by atoms with Gasteiger partial charge in [0.1, 0.15) is 0 Å². The Morgan fingerprint density at radius 3 is 2.78 bits per heavy atom. The van der Waals surface area contributed by atoms with Gasteiger partial charge in [0.05, 0.1) is 12.7 Å². The SMILES string of the molecule is CCOC(=O)/C=C(\C)C(CC)OC1CCCCO1. The van der Waals surface area contributed by atoms with Gasteiger partial charge in [-0.15, -0.1) is 0 Å². The molecule has 0 aliphatic carbocycles. The normalized spacial score (nSPS) is 22.6. The van der Waals surface area contributed by atoms with Crippen molar-refractivity contribution in [1.82, 2.24) is 0 Å². The molecule has 0 aromatic rings. The first-order valence-electron chi connectivity index (χ1n) is 6.79. The quantitative estimate of drug-likeness (QED) is 0.541. The molecule has 0 spiro atoms. The van der Waals surface area contributed by atoms with Gasteiger partial charge in [-0.25, -0.2) is 4.79 Å². The maximum Gasteiger partial charge on any atom is 0.330 e. The highest BCUT2D eigenvalue weighted by Crippen LogP contribution is 2.20. The van der Waals surface area contributed by atoms with Crippen molar-refractivity contribution in [1.29, 1.82) is 0 Å². The Hall–Kier alpha value is -0.870. The summed E-state index contributed by atoms with van der Waals surface area (Å²) < 4.78 is 16.3. The largest absolute Gasteiger partial charge is 0.463 e. The lowest BCUT2D eigenvalue weighted by atomic mass is 10.1. The van der Waals surface area contributed by atoms with Crippen LogP contribution in [-0.4, -0.2) is 31.6 Å². The van der Waals surface area contributed by atoms with Crippen molar-refractivity contribution in [3.05, 3.63) is 11.6 Å². The molecule has 0 radical (unpaired) electrons. The van der Waals surface area contributed by atoms with Gasteiger partial charge in [-0.2, -0.15) is 0 Å². The van der Waals surface area contributed by atoms with Gasteiger partial charge >= 0.3 is 5.97 Å². The van der Waals surface area contributed by atoms with Crippen LogP contribution < -0.4 is 0 Å². The van der Waals surface area contributed by atoms with Gasteiger partial charge in [0.2, 0.25) is 0 Å². The summed E-state index contributed by atoms with van der Waals surface area (Å²) in [5.41, 5.74) is 0.894. The molecular formula is C14H24O4. The summed E-state index contributed by atoms with van der Waals surface area (Å²) in [4.78, 5) is 11.4.